The van der Waals surface area contributed by atoms with E-state index in [0.29, 0.717) is 12.3 Å². The second-order valence-electron chi connectivity index (χ2n) is 6.18. The normalized spacial score (nSPS) is 25.1. The van der Waals surface area contributed by atoms with Gasteiger partial charge in [0, 0.05) is 44.7 Å². The van der Waals surface area contributed by atoms with Crippen molar-refractivity contribution in [1.29, 1.82) is 0 Å². The van der Waals surface area contributed by atoms with Crippen molar-refractivity contribution in [2.45, 2.75) is 32.2 Å². The van der Waals surface area contributed by atoms with Gasteiger partial charge in [-0.05, 0) is 26.8 Å². The Balaban J connectivity index is 1.77. The van der Waals surface area contributed by atoms with Crippen LogP contribution in [0.2, 0.25) is 0 Å². The van der Waals surface area contributed by atoms with Crippen molar-refractivity contribution >= 4 is 5.91 Å². The lowest BCUT2D eigenvalue weighted by atomic mass is 10.1. The number of rotatable bonds is 3. The fourth-order valence-corrected chi connectivity index (χ4v) is 2.76. The number of nitrogens with one attached hydrogen (secondary N) is 1. The molecule has 2 aliphatic heterocycles. The highest BCUT2D eigenvalue weighted by atomic mass is 16.5. The lowest BCUT2D eigenvalue weighted by Crippen LogP contribution is -2.48. The van der Waals surface area contributed by atoms with E-state index >= 15 is 0 Å². The second-order valence-corrected chi connectivity index (χ2v) is 6.18. The molecule has 2 heterocycles. The molecule has 2 rings (SSSR count). The largest absolute Gasteiger partial charge is 0.379 e. The van der Waals surface area contributed by atoms with E-state index in [1.54, 1.807) is 0 Å². The summed E-state index contributed by atoms with van der Waals surface area (Å²) >= 11 is 0. The Morgan fingerprint density at radius 2 is 2.00 bits per heavy atom. The van der Waals surface area contributed by atoms with Gasteiger partial charge in [0.05, 0.1) is 13.2 Å². The van der Waals surface area contributed by atoms with Crippen LogP contribution in [0.1, 0.15) is 26.7 Å². The number of carbonyl (C=O) groups excluding carboxylic acids is 1. The zero-order valence-electron chi connectivity index (χ0n) is 12.3. The number of carbonyl (C=O) groups is 1. The molecule has 0 aromatic rings. The Hall–Kier alpha value is -0.650. The van der Waals surface area contributed by atoms with Gasteiger partial charge in [0.15, 0.2) is 0 Å². The average Bonchev–Trinajstić information content (AvgIpc) is 2.58. The summed E-state index contributed by atoms with van der Waals surface area (Å²) in [4.78, 5) is 16.7. The van der Waals surface area contributed by atoms with Crippen LogP contribution in [0.5, 0.6) is 0 Å². The van der Waals surface area contributed by atoms with Gasteiger partial charge < -0.3 is 15.0 Å². The molecule has 0 atom stereocenters. The van der Waals surface area contributed by atoms with Crippen LogP contribution in [0.25, 0.3) is 0 Å². The highest BCUT2D eigenvalue weighted by Gasteiger charge is 2.26. The van der Waals surface area contributed by atoms with Gasteiger partial charge in [-0.2, -0.15) is 0 Å². The summed E-state index contributed by atoms with van der Waals surface area (Å²) in [5.41, 5.74) is 0.0329. The van der Waals surface area contributed by atoms with Gasteiger partial charge in [-0.25, -0.2) is 0 Å². The van der Waals surface area contributed by atoms with Crippen molar-refractivity contribution in [3.8, 4) is 0 Å². The van der Waals surface area contributed by atoms with E-state index in [9.17, 15) is 4.79 Å². The molecule has 1 amide bonds. The first-order chi connectivity index (χ1) is 9.07. The van der Waals surface area contributed by atoms with Crippen LogP contribution in [0, 0.1) is 0 Å². The van der Waals surface area contributed by atoms with Crippen molar-refractivity contribution in [3.05, 3.63) is 0 Å². The number of morpholine rings is 1. The van der Waals surface area contributed by atoms with Crippen molar-refractivity contribution in [3.63, 3.8) is 0 Å². The monoisotopic (exact) mass is 269 g/mol. The van der Waals surface area contributed by atoms with Crippen LogP contribution >= 0.6 is 0 Å². The Morgan fingerprint density at radius 3 is 2.74 bits per heavy atom. The maximum Gasteiger partial charge on any atom is 0.223 e. The molecule has 2 saturated heterocycles. The fraction of sp³-hybridized carbons (Fsp3) is 0.929. The highest BCUT2D eigenvalue weighted by molar-refractivity contribution is 5.76. The third-order valence-corrected chi connectivity index (χ3v) is 3.89. The first-order valence-electron chi connectivity index (χ1n) is 7.40. The maximum atomic E-state index is 12.3. The van der Waals surface area contributed by atoms with Gasteiger partial charge in [-0.3, -0.25) is 9.69 Å². The van der Waals surface area contributed by atoms with E-state index in [0.717, 1.165) is 58.9 Å². The molecule has 1 N–H and O–H groups in total. The minimum atomic E-state index is 0.0329. The summed E-state index contributed by atoms with van der Waals surface area (Å²) in [6.07, 6.45) is 1.68. The zero-order valence-corrected chi connectivity index (χ0v) is 12.3. The lowest BCUT2D eigenvalue weighted by molar-refractivity contribution is -0.132. The molecule has 0 radical (unpaired) electrons. The average molecular weight is 269 g/mol. The zero-order chi connectivity index (χ0) is 13.7. The quantitative estimate of drug-likeness (QED) is 0.801. The first kappa shape index (κ1) is 14.8. The topological polar surface area (TPSA) is 44.8 Å². The van der Waals surface area contributed by atoms with Gasteiger partial charge in [0.2, 0.25) is 5.91 Å². The molecule has 0 saturated carbocycles. The van der Waals surface area contributed by atoms with E-state index in [2.05, 4.69) is 24.1 Å². The molecule has 0 bridgehead atoms. The number of nitrogens with zero attached hydrogens (tertiary/aromatic N) is 2. The van der Waals surface area contributed by atoms with Gasteiger partial charge in [-0.1, -0.05) is 0 Å². The number of amides is 1. The van der Waals surface area contributed by atoms with Crippen molar-refractivity contribution in [1.82, 2.24) is 15.1 Å². The van der Waals surface area contributed by atoms with Crippen LogP contribution in [0.4, 0.5) is 0 Å². The van der Waals surface area contributed by atoms with E-state index in [1.165, 1.54) is 0 Å². The van der Waals surface area contributed by atoms with Gasteiger partial charge in [-0.15, -0.1) is 0 Å². The number of ether oxygens (including phenoxy) is 1. The predicted octanol–water partition coefficient (Wildman–Crippen LogP) is 0.309. The Labute approximate surface area is 116 Å². The molecule has 5 nitrogen and oxygen atoms in total. The van der Waals surface area contributed by atoms with Gasteiger partial charge >= 0.3 is 0 Å². The molecule has 0 spiro atoms. The smallest absolute Gasteiger partial charge is 0.223 e. The fourth-order valence-electron chi connectivity index (χ4n) is 2.76. The number of hydrogen-bond acceptors (Lipinski definition) is 4. The van der Waals surface area contributed by atoms with E-state index in [4.69, 9.17) is 4.74 Å². The number of hydrogen-bond donors (Lipinski definition) is 1. The van der Waals surface area contributed by atoms with Crippen LogP contribution < -0.4 is 5.32 Å². The second kappa shape index (κ2) is 6.68. The molecule has 5 heteroatoms. The van der Waals surface area contributed by atoms with E-state index < -0.39 is 0 Å². The van der Waals surface area contributed by atoms with Crippen LogP contribution in [-0.4, -0.2) is 73.7 Å². The van der Waals surface area contributed by atoms with Crippen LogP contribution in [-0.2, 0) is 9.53 Å². The lowest BCUT2D eigenvalue weighted by Gasteiger charge is -2.31. The summed E-state index contributed by atoms with van der Waals surface area (Å²) in [5, 5.41) is 3.49. The molecule has 0 unspecified atom stereocenters. The van der Waals surface area contributed by atoms with E-state index in [1.807, 2.05) is 4.90 Å². The summed E-state index contributed by atoms with van der Waals surface area (Å²) in [7, 11) is 0. The third-order valence-electron chi connectivity index (χ3n) is 3.89. The van der Waals surface area contributed by atoms with Crippen molar-refractivity contribution < 1.29 is 9.53 Å². The van der Waals surface area contributed by atoms with Crippen molar-refractivity contribution in [2.75, 3.05) is 52.5 Å². The van der Waals surface area contributed by atoms with Gasteiger partial charge in [0.25, 0.3) is 0 Å². The minimum absolute atomic E-state index is 0.0329. The molecule has 0 aliphatic carbocycles. The molecule has 0 aromatic carbocycles. The molecular weight excluding hydrogens is 242 g/mol. The van der Waals surface area contributed by atoms with Gasteiger partial charge in [0.1, 0.15) is 0 Å². The van der Waals surface area contributed by atoms with Crippen LogP contribution in [0.15, 0.2) is 0 Å². The minimum Gasteiger partial charge on any atom is -0.379 e. The molecule has 2 aliphatic rings. The summed E-state index contributed by atoms with van der Waals surface area (Å²) in [6.45, 7) is 11.4. The molecule has 110 valence electrons. The Bertz CT molecular complexity index is 301. The standard InChI is InChI=1S/C14H27N3O2/c1-14(2)12-17(6-3-5-15-14)13(18)4-7-16-8-10-19-11-9-16/h15H,3-12H2,1-2H3. The first-order valence-corrected chi connectivity index (χ1v) is 7.40. The van der Waals surface area contributed by atoms with E-state index in [-0.39, 0.29) is 5.54 Å². The maximum absolute atomic E-state index is 12.3. The summed E-state index contributed by atoms with van der Waals surface area (Å²) in [5.74, 6) is 0.295. The molecule has 0 aromatic heterocycles. The highest BCUT2D eigenvalue weighted by Crippen LogP contribution is 2.12. The van der Waals surface area contributed by atoms with Crippen LogP contribution in [0.3, 0.4) is 0 Å². The Morgan fingerprint density at radius 1 is 1.26 bits per heavy atom. The summed E-state index contributed by atoms with van der Waals surface area (Å²) < 4.78 is 5.32. The van der Waals surface area contributed by atoms with Crippen molar-refractivity contribution in [2.24, 2.45) is 0 Å². The predicted molar refractivity (Wildman–Crippen MR) is 75.2 cm³/mol. The SMILES string of the molecule is CC1(C)CN(C(=O)CCN2CCOCC2)CCCN1. The third kappa shape index (κ3) is 4.75. The molecule has 2 fully saturated rings. The molecular formula is C14H27N3O2. The summed E-state index contributed by atoms with van der Waals surface area (Å²) in [6, 6.07) is 0. The Kier molecular flexibility index (Phi) is 5.19. The molecule has 19 heavy (non-hydrogen) atoms.